The summed E-state index contributed by atoms with van der Waals surface area (Å²) < 4.78 is 19.9. The summed E-state index contributed by atoms with van der Waals surface area (Å²) in [5, 5.41) is 10.7. The fraction of sp³-hybridized carbons (Fsp3) is 0.348. The van der Waals surface area contributed by atoms with Crippen molar-refractivity contribution in [3.8, 4) is 5.75 Å². The Morgan fingerprint density at radius 3 is 2.38 bits per heavy atom. The van der Waals surface area contributed by atoms with E-state index in [1.54, 1.807) is 45.0 Å². The fourth-order valence-corrected chi connectivity index (χ4v) is 4.42. The normalized spacial score (nSPS) is 18.0. The summed E-state index contributed by atoms with van der Waals surface area (Å²) in [5.74, 6) is -2.67. The van der Waals surface area contributed by atoms with E-state index < -0.39 is 41.1 Å². The van der Waals surface area contributed by atoms with Crippen molar-refractivity contribution >= 4 is 29.5 Å². The molecule has 9 heteroatoms. The molecule has 1 N–H and O–H groups in total. The smallest absolute Gasteiger partial charge is 0.410 e. The Bertz CT molecular complexity index is 1110. The third-order valence-electron chi connectivity index (χ3n) is 5.52. The van der Waals surface area contributed by atoms with Crippen LogP contribution in [0.4, 0.5) is 9.18 Å². The minimum atomic E-state index is -1.04. The lowest BCUT2D eigenvalue weighted by molar-refractivity contribution is 0.00954. The van der Waals surface area contributed by atoms with Crippen LogP contribution in [0.2, 0.25) is 5.02 Å². The van der Waals surface area contributed by atoms with E-state index in [1.807, 2.05) is 0 Å². The van der Waals surface area contributed by atoms with Crippen LogP contribution in [-0.4, -0.2) is 51.5 Å². The van der Waals surface area contributed by atoms with Crippen LogP contribution in [0.25, 0.3) is 0 Å². The SMILES string of the molecule is CC(C)(C)OC(=O)N1CCc2c(Cl)cc(F)c(O)c2C1CN1C(=O)c2ccccc2C1=O. The molecule has 1 unspecified atom stereocenters. The quantitative estimate of drug-likeness (QED) is 0.674. The minimum absolute atomic E-state index is 0.0728. The lowest BCUT2D eigenvalue weighted by Crippen LogP contribution is -2.48. The topological polar surface area (TPSA) is 87.2 Å². The zero-order valence-corrected chi connectivity index (χ0v) is 18.6. The number of carbonyl (C=O) groups excluding carboxylic acids is 3. The highest BCUT2D eigenvalue weighted by Crippen LogP contribution is 2.42. The molecule has 1 atom stereocenters. The zero-order valence-electron chi connectivity index (χ0n) is 17.8. The molecule has 168 valence electrons. The van der Waals surface area contributed by atoms with Crippen LogP contribution < -0.4 is 0 Å². The summed E-state index contributed by atoms with van der Waals surface area (Å²) in [6, 6.07) is 6.37. The van der Waals surface area contributed by atoms with Gasteiger partial charge in [-0.1, -0.05) is 23.7 Å². The lowest BCUT2D eigenvalue weighted by atomic mass is 9.91. The Labute approximate surface area is 189 Å². The monoisotopic (exact) mass is 460 g/mol. The van der Waals surface area contributed by atoms with E-state index in [9.17, 15) is 23.9 Å². The maximum absolute atomic E-state index is 14.4. The van der Waals surface area contributed by atoms with Gasteiger partial charge in [0.2, 0.25) is 0 Å². The number of hydrogen-bond acceptors (Lipinski definition) is 5. The Kier molecular flexibility index (Phi) is 5.36. The second-order valence-electron chi connectivity index (χ2n) is 8.79. The molecule has 0 radical (unpaired) electrons. The van der Waals surface area contributed by atoms with Gasteiger partial charge in [0.05, 0.1) is 23.7 Å². The second-order valence-corrected chi connectivity index (χ2v) is 9.19. The molecule has 2 aromatic carbocycles. The molecule has 3 amide bonds. The molecule has 2 aliphatic rings. The van der Waals surface area contributed by atoms with Crippen LogP contribution in [-0.2, 0) is 11.2 Å². The Morgan fingerprint density at radius 1 is 1.22 bits per heavy atom. The number of ether oxygens (including phenoxy) is 1. The number of phenols is 1. The summed E-state index contributed by atoms with van der Waals surface area (Å²) in [6.07, 6.45) is -0.454. The number of nitrogens with zero attached hydrogens (tertiary/aromatic N) is 2. The predicted octanol–water partition coefficient (Wildman–Crippen LogP) is 4.32. The second kappa shape index (κ2) is 7.78. The number of benzene rings is 2. The van der Waals surface area contributed by atoms with E-state index >= 15 is 0 Å². The number of rotatable bonds is 2. The summed E-state index contributed by atoms with van der Waals surface area (Å²) >= 11 is 6.23. The van der Waals surface area contributed by atoms with E-state index in [2.05, 4.69) is 0 Å². The van der Waals surface area contributed by atoms with Gasteiger partial charge in [-0.3, -0.25) is 19.4 Å². The fourth-order valence-electron chi connectivity index (χ4n) is 4.13. The van der Waals surface area contributed by atoms with E-state index in [-0.39, 0.29) is 41.2 Å². The van der Waals surface area contributed by atoms with Crippen molar-refractivity contribution in [2.75, 3.05) is 13.1 Å². The minimum Gasteiger partial charge on any atom is -0.505 e. The molecule has 0 saturated heterocycles. The molecule has 2 aromatic rings. The molecule has 32 heavy (non-hydrogen) atoms. The molecule has 2 aliphatic heterocycles. The van der Waals surface area contributed by atoms with Crippen LogP contribution in [0.15, 0.2) is 30.3 Å². The number of carbonyl (C=O) groups is 3. The molecule has 0 bridgehead atoms. The summed E-state index contributed by atoms with van der Waals surface area (Å²) in [6.45, 7) is 4.98. The Morgan fingerprint density at radius 2 is 1.81 bits per heavy atom. The van der Waals surface area contributed by atoms with Gasteiger partial charge < -0.3 is 9.84 Å². The Balaban J connectivity index is 1.78. The summed E-state index contributed by atoms with van der Waals surface area (Å²) in [4.78, 5) is 41.1. The van der Waals surface area contributed by atoms with E-state index in [0.29, 0.717) is 5.56 Å². The number of fused-ring (bicyclic) bond motifs is 2. The third-order valence-corrected chi connectivity index (χ3v) is 5.86. The first kappa shape index (κ1) is 22.1. The lowest BCUT2D eigenvalue weighted by Gasteiger charge is -2.39. The van der Waals surface area contributed by atoms with Gasteiger partial charge in [0.15, 0.2) is 11.6 Å². The predicted molar refractivity (Wildman–Crippen MR) is 114 cm³/mol. The molecule has 7 nitrogen and oxygen atoms in total. The zero-order chi connectivity index (χ0) is 23.4. The van der Waals surface area contributed by atoms with E-state index in [1.165, 1.54) is 4.90 Å². The first-order valence-electron chi connectivity index (χ1n) is 10.1. The molecule has 0 spiro atoms. The number of aromatic hydroxyl groups is 1. The third kappa shape index (κ3) is 3.68. The van der Waals surface area contributed by atoms with Crippen molar-refractivity contribution in [2.45, 2.75) is 38.8 Å². The van der Waals surface area contributed by atoms with Crippen molar-refractivity contribution in [3.63, 3.8) is 0 Å². The van der Waals surface area contributed by atoms with Crippen molar-refractivity contribution in [1.82, 2.24) is 9.80 Å². The molecule has 2 heterocycles. The average molecular weight is 461 g/mol. The summed E-state index contributed by atoms with van der Waals surface area (Å²) in [7, 11) is 0. The number of imide groups is 1. The number of hydrogen-bond donors (Lipinski definition) is 1. The van der Waals surface area contributed by atoms with Gasteiger partial charge in [-0.2, -0.15) is 0 Å². The molecule has 0 aliphatic carbocycles. The van der Waals surface area contributed by atoms with Gasteiger partial charge in [-0.05, 0) is 51.0 Å². The van der Waals surface area contributed by atoms with Gasteiger partial charge in [-0.25, -0.2) is 9.18 Å². The standard InChI is InChI=1S/C23H22ClFN2O5/c1-23(2,3)32-22(31)26-9-8-14-15(24)10-16(25)19(28)18(14)17(26)11-27-20(29)12-6-4-5-7-13(12)21(27)30/h4-7,10,17,28H,8-9,11H2,1-3H3. The van der Waals surface area contributed by atoms with Crippen molar-refractivity contribution in [1.29, 1.82) is 0 Å². The van der Waals surface area contributed by atoms with Crippen LogP contribution in [0, 0.1) is 5.82 Å². The van der Waals surface area contributed by atoms with E-state index in [0.717, 1.165) is 11.0 Å². The first-order valence-corrected chi connectivity index (χ1v) is 10.5. The highest BCUT2D eigenvalue weighted by Gasteiger charge is 2.43. The number of phenolic OH excluding ortho intramolecular Hbond substituents is 1. The molecule has 0 fully saturated rings. The largest absolute Gasteiger partial charge is 0.505 e. The average Bonchev–Trinajstić information content (AvgIpc) is 2.95. The molecular formula is C23H22ClFN2O5. The highest BCUT2D eigenvalue weighted by molar-refractivity contribution is 6.31. The molecular weight excluding hydrogens is 439 g/mol. The molecule has 0 aromatic heterocycles. The van der Waals surface area contributed by atoms with Gasteiger partial charge >= 0.3 is 6.09 Å². The van der Waals surface area contributed by atoms with Gasteiger partial charge in [-0.15, -0.1) is 0 Å². The highest BCUT2D eigenvalue weighted by atomic mass is 35.5. The molecule has 4 rings (SSSR count). The number of amides is 3. The first-order chi connectivity index (χ1) is 15.0. The summed E-state index contributed by atoms with van der Waals surface area (Å²) in [5.41, 5.74) is 0.229. The number of halogens is 2. The van der Waals surface area contributed by atoms with Gasteiger partial charge in [0.1, 0.15) is 5.60 Å². The van der Waals surface area contributed by atoms with Gasteiger partial charge in [0.25, 0.3) is 11.8 Å². The maximum atomic E-state index is 14.4. The van der Waals surface area contributed by atoms with Crippen molar-refractivity contribution in [2.24, 2.45) is 0 Å². The van der Waals surface area contributed by atoms with Crippen LogP contribution in [0.1, 0.15) is 58.7 Å². The molecule has 0 saturated carbocycles. The van der Waals surface area contributed by atoms with Crippen molar-refractivity contribution in [3.05, 3.63) is 63.4 Å². The maximum Gasteiger partial charge on any atom is 0.410 e. The van der Waals surface area contributed by atoms with Crippen LogP contribution in [0.3, 0.4) is 0 Å². The van der Waals surface area contributed by atoms with E-state index in [4.69, 9.17) is 16.3 Å². The van der Waals surface area contributed by atoms with Crippen LogP contribution >= 0.6 is 11.6 Å². The Hall–Kier alpha value is -3.13. The van der Waals surface area contributed by atoms with Gasteiger partial charge in [0, 0.05) is 17.1 Å². The van der Waals surface area contributed by atoms with Crippen molar-refractivity contribution < 1.29 is 28.6 Å². The van der Waals surface area contributed by atoms with Crippen LogP contribution in [0.5, 0.6) is 5.75 Å².